The van der Waals surface area contributed by atoms with E-state index in [0.29, 0.717) is 10.9 Å². The minimum absolute atomic E-state index is 0.134. The van der Waals surface area contributed by atoms with Gasteiger partial charge in [-0.25, -0.2) is 4.39 Å². The lowest BCUT2D eigenvalue weighted by atomic mass is 9.98. The molecule has 3 nitrogen and oxygen atoms in total. The van der Waals surface area contributed by atoms with E-state index in [1.54, 1.807) is 19.2 Å². The van der Waals surface area contributed by atoms with E-state index in [0.717, 1.165) is 21.3 Å². The number of nitrogens with two attached hydrogens (primary N) is 1. The van der Waals surface area contributed by atoms with Crippen LogP contribution in [0.25, 0.3) is 0 Å². The Morgan fingerprint density at radius 2 is 2.00 bits per heavy atom. The fourth-order valence-corrected chi connectivity index (χ4v) is 2.90. The Morgan fingerprint density at radius 1 is 1.24 bits per heavy atom. The number of ether oxygens (including phenoxy) is 1. The fraction of sp³-hybridized carbons (Fsp3) is 0.200. The highest BCUT2D eigenvalue weighted by atomic mass is 79.9. The average molecular weight is 418 g/mol. The Balaban J connectivity index is 2.29. The van der Waals surface area contributed by atoms with E-state index in [4.69, 9.17) is 10.6 Å². The van der Waals surface area contributed by atoms with Gasteiger partial charge in [-0.3, -0.25) is 11.3 Å². The van der Waals surface area contributed by atoms with E-state index in [-0.39, 0.29) is 11.9 Å². The third-order valence-electron chi connectivity index (χ3n) is 3.20. The van der Waals surface area contributed by atoms with Gasteiger partial charge in [0, 0.05) is 10.0 Å². The fourth-order valence-electron chi connectivity index (χ4n) is 2.13. The summed E-state index contributed by atoms with van der Waals surface area (Å²) in [5.74, 6) is 6.14. The van der Waals surface area contributed by atoms with Gasteiger partial charge in [-0.05, 0) is 52.2 Å². The zero-order valence-electron chi connectivity index (χ0n) is 11.4. The van der Waals surface area contributed by atoms with Crippen LogP contribution < -0.4 is 16.0 Å². The van der Waals surface area contributed by atoms with Crippen LogP contribution in [0.15, 0.2) is 45.3 Å². The lowest BCUT2D eigenvalue weighted by Gasteiger charge is -2.19. The second kappa shape index (κ2) is 7.35. The number of rotatable bonds is 5. The predicted molar refractivity (Wildman–Crippen MR) is 88.6 cm³/mol. The Kier molecular flexibility index (Phi) is 5.75. The number of hydrogen-bond acceptors (Lipinski definition) is 3. The van der Waals surface area contributed by atoms with Crippen LogP contribution in [0.3, 0.4) is 0 Å². The van der Waals surface area contributed by atoms with E-state index < -0.39 is 0 Å². The molecule has 0 aliphatic rings. The van der Waals surface area contributed by atoms with E-state index in [1.165, 1.54) is 6.07 Å². The topological polar surface area (TPSA) is 47.3 Å². The van der Waals surface area contributed by atoms with Crippen molar-refractivity contribution >= 4 is 31.9 Å². The van der Waals surface area contributed by atoms with Gasteiger partial charge in [-0.1, -0.05) is 28.1 Å². The molecule has 0 fully saturated rings. The summed E-state index contributed by atoms with van der Waals surface area (Å²) in [5.41, 5.74) is 4.71. The Bertz CT molecular complexity index is 637. The normalized spacial score (nSPS) is 12.2. The summed E-state index contributed by atoms with van der Waals surface area (Å²) in [6.45, 7) is 0. The van der Waals surface area contributed by atoms with Crippen LogP contribution in [0.1, 0.15) is 17.2 Å². The highest BCUT2D eigenvalue weighted by Gasteiger charge is 2.16. The number of methoxy groups -OCH3 is 1. The summed E-state index contributed by atoms with van der Waals surface area (Å²) >= 11 is 6.61. The average Bonchev–Trinajstić information content (AvgIpc) is 2.48. The molecular weight excluding hydrogens is 403 g/mol. The van der Waals surface area contributed by atoms with Crippen molar-refractivity contribution in [2.45, 2.75) is 12.5 Å². The van der Waals surface area contributed by atoms with Gasteiger partial charge in [-0.2, -0.15) is 0 Å². The van der Waals surface area contributed by atoms with Crippen LogP contribution in [0.4, 0.5) is 4.39 Å². The third kappa shape index (κ3) is 4.03. The van der Waals surface area contributed by atoms with Crippen molar-refractivity contribution in [3.63, 3.8) is 0 Å². The molecule has 0 spiro atoms. The molecule has 0 aromatic heterocycles. The summed E-state index contributed by atoms with van der Waals surface area (Å²) in [6.07, 6.45) is 0.618. The second-order valence-corrected chi connectivity index (χ2v) is 6.33. The molecule has 2 aromatic carbocycles. The Hall–Kier alpha value is -0.950. The first-order valence-corrected chi connectivity index (χ1v) is 7.87. The Labute approximate surface area is 139 Å². The minimum atomic E-state index is -0.280. The summed E-state index contributed by atoms with van der Waals surface area (Å²) in [6, 6.07) is 10.6. The molecule has 1 unspecified atom stereocenters. The largest absolute Gasteiger partial charge is 0.496 e. The monoisotopic (exact) mass is 416 g/mol. The number of halogens is 3. The van der Waals surface area contributed by atoms with E-state index in [9.17, 15) is 4.39 Å². The molecule has 2 aromatic rings. The van der Waals surface area contributed by atoms with E-state index in [2.05, 4.69) is 37.3 Å². The summed E-state index contributed by atoms with van der Waals surface area (Å²) in [4.78, 5) is 0. The van der Waals surface area contributed by atoms with Gasteiger partial charge in [-0.15, -0.1) is 0 Å². The molecule has 0 amide bonds. The molecule has 2 rings (SSSR count). The first kappa shape index (κ1) is 16.4. The lowest BCUT2D eigenvalue weighted by Crippen LogP contribution is -2.30. The highest BCUT2D eigenvalue weighted by molar-refractivity contribution is 9.10. The lowest BCUT2D eigenvalue weighted by molar-refractivity contribution is 0.398. The quantitative estimate of drug-likeness (QED) is 0.568. The van der Waals surface area contributed by atoms with Crippen LogP contribution >= 0.6 is 31.9 Å². The maximum atomic E-state index is 13.3. The number of hydrazine groups is 1. The highest BCUT2D eigenvalue weighted by Crippen LogP contribution is 2.30. The zero-order chi connectivity index (χ0) is 15.4. The van der Waals surface area contributed by atoms with Crippen LogP contribution in [0.2, 0.25) is 0 Å². The number of benzene rings is 2. The molecule has 0 heterocycles. The third-order valence-corrected chi connectivity index (χ3v) is 4.30. The SMILES string of the molecule is COc1cc(Br)ccc1C(Cc1ccc(F)c(Br)c1)NN. The zero-order valence-corrected chi connectivity index (χ0v) is 14.5. The van der Waals surface area contributed by atoms with Gasteiger partial charge in [0.05, 0.1) is 17.6 Å². The molecule has 0 saturated heterocycles. The maximum absolute atomic E-state index is 13.3. The second-order valence-electron chi connectivity index (χ2n) is 4.56. The minimum Gasteiger partial charge on any atom is -0.496 e. The maximum Gasteiger partial charge on any atom is 0.137 e. The van der Waals surface area contributed by atoms with Crippen molar-refractivity contribution in [2.24, 2.45) is 5.84 Å². The van der Waals surface area contributed by atoms with Crippen molar-refractivity contribution < 1.29 is 9.13 Å². The van der Waals surface area contributed by atoms with Crippen molar-refractivity contribution in [2.75, 3.05) is 7.11 Å². The molecule has 21 heavy (non-hydrogen) atoms. The van der Waals surface area contributed by atoms with Gasteiger partial charge in [0.2, 0.25) is 0 Å². The van der Waals surface area contributed by atoms with Gasteiger partial charge >= 0.3 is 0 Å². The predicted octanol–water partition coefficient (Wildman–Crippen LogP) is 4.11. The summed E-state index contributed by atoms with van der Waals surface area (Å²) in [7, 11) is 1.62. The first-order valence-electron chi connectivity index (χ1n) is 6.28. The van der Waals surface area contributed by atoms with Crippen LogP contribution in [0.5, 0.6) is 5.75 Å². The van der Waals surface area contributed by atoms with E-state index >= 15 is 0 Å². The molecular formula is C15H15Br2FN2O. The first-order chi connectivity index (χ1) is 10.0. The van der Waals surface area contributed by atoms with Gasteiger partial charge < -0.3 is 4.74 Å². The van der Waals surface area contributed by atoms with Crippen molar-refractivity contribution in [1.82, 2.24) is 5.43 Å². The molecule has 0 radical (unpaired) electrons. The number of nitrogens with one attached hydrogen (secondary N) is 1. The molecule has 0 bridgehead atoms. The van der Waals surface area contributed by atoms with Crippen LogP contribution in [-0.4, -0.2) is 7.11 Å². The molecule has 6 heteroatoms. The van der Waals surface area contributed by atoms with Crippen molar-refractivity contribution in [3.8, 4) is 5.75 Å². The summed E-state index contributed by atoms with van der Waals surface area (Å²) in [5, 5.41) is 0. The van der Waals surface area contributed by atoms with Crippen molar-refractivity contribution in [1.29, 1.82) is 0 Å². The van der Waals surface area contributed by atoms with Crippen molar-refractivity contribution in [3.05, 3.63) is 62.3 Å². The van der Waals surface area contributed by atoms with Crippen LogP contribution in [-0.2, 0) is 6.42 Å². The molecule has 1 atom stereocenters. The summed E-state index contributed by atoms with van der Waals surface area (Å²) < 4.78 is 20.1. The Morgan fingerprint density at radius 3 is 2.62 bits per heavy atom. The molecule has 0 aliphatic heterocycles. The molecule has 112 valence electrons. The molecule has 0 saturated carbocycles. The molecule has 3 N–H and O–H groups in total. The molecule has 0 aliphatic carbocycles. The smallest absolute Gasteiger partial charge is 0.137 e. The van der Waals surface area contributed by atoms with Gasteiger partial charge in [0.25, 0.3) is 0 Å². The van der Waals surface area contributed by atoms with Crippen LogP contribution in [0, 0.1) is 5.82 Å². The standard InChI is InChI=1S/C15H15Br2FN2O/c1-21-15-8-10(16)3-4-11(15)14(20-19)7-9-2-5-13(18)12(17)6-9/h2-6,8,14,20H,7,19H2,1H3. The van der Waals surface area contributed by atoms with E-state index in [1.807, 2.05) is 18.2 Å². The number of hydrogen-bond donors (Lipinski definition) is 2. The van der Waals surface area contributed by atoms with Gasteiger partial charge in [0.1, 0.15) is 11.6 Å². The van der Waals surface area contributed by atoms with Gasteiger partial charge in [0.15, 0.2) is 0 Å².